The van der Waals surface area contributed by atoms with Crippen molar-refractivity contribution in [2.24, 2.45) is 11.7 Å². The summed E-state index contributed by atoms with van der Waals surface area (Å²) in [5.74, 6) is 0.446. The van der Waals surface area contributed by atoms with E-state index >= 15 is 0 Å². The summed E-state index contributed by atoms with van der Waals surface area (Å²) in [7, 11) is -3.20. The van der Waals surface area contributed by atoms with Crippen molar-refractivity contribution in [3.8, 4) is 0 Å². The number of amides is 1. The van der Waals surface area contributed by atoms with Gasteiger partial charge in [-0.15, -0.1) is 0 Å². The van der Waals surface area contributed by atoms with Gasteiger partial charge in [0.2, 0.25) is 15.9 Å². The molecule has 0 bridgehead atoms. The standard InChI is InChI=1S/C12H23N3O3S/c1-10-4-2-6-15(11(10)8-13)12(16)9-14-5-3-7-19(14,17)18/h10-11H,2-9,13H2,1H3. The molecular formula is C12H23N3O3S. The van der Waals surface area contributed by atoms with Crippen molar-refractivity contribution >= 4 is 15.9 Å². The first-order valence-corrected chi connectivity index (χ1v) is 8.54. The third-order valence-corrected chi connectivity index (χ3v) is 6.10. The van der Waals surface area contributed by atoms with E-state index in [0.29, 0.717) is 32.0 Å². The Balaban J connectivity index is 2.02. The van der Waals surface area contributed by atoms with E-state index in [1.54, 1.807) is 4.90 Å². The third kappa shape index (κ3) is 3.09. The van der Waals surface area contributed by atoms with Crippen LogP contribution in [-0.4, -0.2) is 61.5 Å². The predicted octanol–water partition coefficient (Wildman–Crippen LogP) is -0.392. The number of hydrogen-bond donors (Lipinski definition) is 1. The van der Waals surface area contributed by atoms with E-state index in [4.69, 9.17) is 5.73 Å². The van der Waals surface area contributed by atoms with Gasteiger partial charge in [-0.1, -0.05) is 6.92 Å². The number of piperidine rings is 1. The summed E-state index contributed by atoms with van der Waals surface area (Å²) in [6.07, 6.45) is 2.66. The van der Waals surface area contributed by atoms with Crippen molar-refractivity contribution in [3.05, 3.63) is 0 Å². The second-order valence-corrected chi connectivity index (χ2v) is 7.60. The molecule has 2 fully saturated rings. The highest BCUT2D eigenvalue weighted by molar-refractivity contribution is 7.89. The molecule has 1 amide bonds. The van der Waals surface area contributed by atoms with Gasteiger partial charge < -0.3 is 10.6 Å². The molecule has 0 radical (unpaired) electrons. The fraction of sp³-hybridized carbons (Fsp3) is 0.917. The maximum Gasteiger partial charge on any atom is 0.238 e. The molecule has 2 saturated heterocycles. The molecule has 2 N–H and O–H groups in total. The van der Waals surface area contributed by atoms with E-state index in [2.05, 4.69) is 6.92 Å². The Kier molecular flexibility index (Phi) is 4.47. The number of hydrogen-bond acceptors (Lipinski definition) is 4. The Morgan fingerprint density at radius 1 is 1.32 bits per heavy atom. The first-order chi connectivity index (χ1) is 8.95. The van der Waals surface area contributed by atoms with Gasteiger partial charge in [-0.3, -0.25) is 4.79 Å². The zero-order chi connectivity index (χ0) is 14.0. The van der Waals surface area contributed by atoms with E-state index in [9.17, 15) is 13.2 Å². The van der Waals surface area contributed by atoms with Gasteiger partial charge in [0.25, 0.3) is 0 Å². The van der Waals surface area contributed by atoms with Crippen LogP contribution in [0.3, 0.4) is 0 Å². The van der Waals surface area contributed by atoms with E-state index in [1.807, 2.05) is 0 Å². The number of sulfonamides is 1. The van der Waals surface area contributed by atoms with Crippen molar-refractivity contribution in [1.82, 2.24) is 9.21 Å². The lowest BCUT2D eigenvalue weighted by atomic mass is 9.91. The Hall–Kier alpha value is -0.660. The zero-order valence-electron chi connectivity index (χ0n) is 11.4. The van der Waals surface area contributed by atoms with Crippen LogP contribution in [-0.2, 0) is 14.8 Å². The average molecular weight is 289 g/mol. The Morgan fingerprint density at radius 2 is 2.05 bits per heavy atom. The number of nitrogens with two attached hydrogens (primary N) is 1. The van der Waals surface area contributed by atoms with Crippen molar-refractivity contribution in [3.63, 3.8) is 0 Å². The Morgan fingerprint density at radius 3 is 2.63 bits per heavy atom. The number of nitrogens with zero attached hydrogens (tertiary/aromatic N) is 2. The van der Waals surface area contributed by atoms with Gasteiger partial charge >= 0.3 is 0 Å². The fourth-order valence-corrected chi connectivity index (χ4v) is 4.50. The summed E-state index contributed by atoms with van der Waals surface area (Å²) in [6.45, 7) is 3.68. The molecule has 0 aromatic rings. The molecule has 6 nitrogen and oxygen atoms in total. The van der Waals surface area contributed by atoms with Gasteiger partial charge in [0.05, 0.1) is 12.3 Å². The number of likely N-dealkylation sites (tertiary alicyclic amines) is 1. The molecule has 2 atom stereocenters. The van der Waals surface area contributed by atoms with Gasteiger partial charge in [0, 0.05) is 25.7 Å². The topological polar surface area (TPSA) is 83.7 Å². The largest absolute Gasteiger partial charge is 0.337 e. The summed E-state index contributed by atoms with van der Waals surface area (Å²) in [5, 5.41) is 0. The highest BCUT2D eigenvalue weighted by Gasteiger charge is 2.35. The lowest BCUT2D eigenvalue weighted by molar-refractivity contribution is -0.136. The molecule has 2 aliphatic heterocycles. The second kappa shape index (κ2) is 5.76. The van der Waals surface area contributed by atoms with Crippen LogP contribution in [0, 0.1) is 5.92 Å². The van der Waals surface area contributed by atoms with Gasteiger partial charge in [0.15, 0.2) is 0 Å². The summed E-state index contributed by atoms with van der Waals surface area (Å²) >= 11 is 0. The van der Waals surface area contributed by atoms with E-state index in [1.165, 1.54) is 4.31 Å². The third-order valence-electron chi connectivity index (χ3n) is 4.19. The van der Waals surface area contributed by atoms with Crippen LogP contribution in [0.5, 0.6) is 0 Å². The van der Waals surface area contributed by atoms with E-state index < -0.39 is 10.0 Å². The van der Waals surface area contributed by atoms with Crippen LogP contribution < -0.4 is 5.73 Å². The van der Waals surface area contributed by atoms with Crippen molar-refractivity contribution < 1.29 is 13.2 Å². The van der Waals surface area contributed by atoms with Crippen LogP contribution in [0.4, 0.5) is 0 Å². The molecule has 110 valence electrons. The first-order valence-electron chi connectivity index (χ1n) is 6.93. The molecule has 19 heavy (non-hydrogen) atoms. The minimum atomic E-state index is -3.20. The number of rotatable bonds is 3. The van der Waals surface area contributed by atoms with Crippen LogP contribution in [0.1, 0.15) is 26.2 Å². The predicted molar refractivity (Wildman–Crippen MR) is 72.9 cm³/mol. The number of carbonyl (C=O) groups excluding carboxylic acids is 1. The van der Waals surface area contributed by atoms with Crippen molar-refractivity contribution in [2.75, 3.05) is 31.9 Å². The molecule has 7 heteroatoms. The lowest BCUT2D eigenvalue weighted by Gasteiger charge is -2.40. The van der Waals surface area contributed by atoms with Gasteiger partial charge in [-0.25, -0.2) is 8.42 Å². The van der Waals surface area contributed by atoms with Gasteiger partial charge in [-0.2, -0.15) is 4.31 Å². The molecule has 2 heterocycles. The highest BCUT2D eigenvalue weighted by atomic mass is 32.2. The Bertz CT molecular complexity index is 438. The monoisotopic (exact) mass is 289 g/mol. The summed E-state index contributed by atoms with van der Waals surface area (Å²) in [4.78, 5) is 14.1. The van der Waals surface area contributed by atoms with Crippen LogP contribution in [0.2, 0.25) is 0 Å². The zero-order valence-corrected chi connectivity index (χ0v) is 12.2. The summed E-state index contributed by atoms with van der Waals surface area (Å²) in [5.41, 5.74) is 5.76. The molecular weight excluding hydrogens is 266 g/mol. The molecule has 0 spiro atoms. The van der Waals surface area contributed by atoms with E-state index in [-0.39, 0.29) is 24.2 Å². The summed E-state index contributed by atoms with van der Waals surface area (Å²) < 4.78 is 24.8. The molecule has 0 aromatic heterocycles. The molecule has 0 saturated carbocycles. The first kappa shape index (κ1) is 14.7. The van der Waals surface area contributed by atoms with Crippen LogP contribution >= 0.6 is 0 Å². The minimum absolute atomic E-state index is 0.0223. The molecule has 0 aliphatic carbocycles. The lowest BCUT2D eigenvalue weighted by Crippen LogP contribution is -2.53. The SMILES string of the molecule is CC1CCCN(C(=O)CN2CCCS2(=O)=O)C1CN. The van der Waals surface area contributed by atoms with E-state index in [0.717, 1.165) is 12.8 Å². The second-order valence-electron chi connectivity index (χ2n) is 5.51. The Labute approximate surface area is 115 Å². The average Bonchev–Trinajstić information content (AvgIpc) is 2.68. The summed E-state index contributed by atoms with van der Waals surface area (Å²) in [6, 6.07) is 0.0477. The van der Waals surface area contributed by atoms with Gasteiger partial charge in [0.1, 0.15) is 0 Å². The molecule has 2 unspecified atom stereocenters. The molecule has 2 rings (SSSR count). The van der Waals surface area contributed by atoms with Crippen molar-refractivity contribution in [1.29, 1.82) is 0 Å². The van der Waals surface area contributed by atoms with Gasteiger partial charge in [-0.05, 0) is 25.2 Å². The highest BCUT2D eigenvalue weighted by Crippen LogP contribution is 2.23. The number of carbonyl (C=O) groups is 1. The maximum absolute atomic E-state index is 12.3. The normalized spacial score (nSPS) is 31.6. The molecule has 0 aromatic carbocycles. The minimum Gasteiger partial charge on any atom is -0.337 e. The van der Waals surface area contributed by atoms with Crippen LogP contribution in [0.25, 0.3) is 0 Å². The fourth-order valence-electron chi connectivity index (χ4n) is 3.03. The maximum atomic E-state index is 12.3. The quantitative estimate of drug-likeness (QED) is 0.767. The van der Waals surface area contributed by atoms with Crippen LogP contribution in [0.15, 0.2) is 0 Å². The van der Waals surface area contributed by atoms with Crippen molar-refractivity contribution in [2.45, 2.75) is 32.2 Å². The molecule has 2 aliphatic rings. The smallest absolute Gasteiger partial charge is 0.238 e.